The minimum atomic E-state index is -0.501. The lowest BCUT2D eigenvalue weighted by Crippen LogP contribution is -2.17. The van der Waals surface area contributed by atoms with Gasteiger partial charge in [-0.1, -0.05) is 34.1 Å². The molecule has 1 heterocycles. The van der Waals surface area contributed by atoms with E-state index >= 15 is 0 Å². The molecule has 0 bridgehead atoms. The van der Waals surface area contributed by atoms with Gasteiger partial charge in [-0.15, -0.1) is 0 Å². The van der Waals surface area contributed by atoms with Crippen LogP contribution in [-0.4, -0.2) is 31.8 Å². The molecule has 0 saturated carbocycles. The Morgan fingerprint density at radius 2 is 2.04 bits per heavy atom. The molecule has 0 saturated heterocycles. The second kappa shape index (κ2) is 8.50. The van der Waals surface area contributed by atoms with Crippen molar-refractivity contribution in [3.05, 3.63) is 64.3 Å². The normalized spacial score (nSPS) is 10.9. The van der Waals surface area contributed by atoms with E-state index in [1.165, 1.54) is 13.3 Å². The van der Waals surface area contributed by atoms with Gasteiger partial charge < -0.3 is 13.9 Å². The number of rotatable bonds is 6. The SMILES string of the molecule is COC(=O)COc1ccc(Br)cc1/C=N\NC(=O)c1cc2ccccc2o1. The predicted octanol–water partition coefficient (Wildman–Crippen LogP) is 3.51. The Kier molecular flexibility index (Phi) is 5.87. The molecule has 0 unspecified atom stereocenters. The summed E-state index contributed by atoms with van der Waals surface area (Å²) in [6, 6.07) is 14.1. The number of fused-ring (bicyclic) bond motifs is 1. The smallest absolute Gasteiger partial charge is 0.343 e. The Morgan fingerprint density at radius 3 is 2.81 bits per heavy atom. The van der Waals surface area contributed by atoms with Gasteiger partial charge >= 0.3 is 11.9 Å². The van der Waals surface area contributed by atoms with Crippen molar-refractivity contribution in [1.82, 2.24) is 5.43 Å². The molecule has 0 fully saturated rings. The molecular weight excluding hydrogens is 416 g/mol. The van der Waals surface area contributed by atoms with Gasteiger partial charge in [0.15, 0.2) is 12.4 Å². The Morgan fingerprint density at radius 1 is 1.22 bits per heavy atom. The van der Waals surface area contributed by atoms with Gasteiger partial charge in [-0.3, -0.25) is 4.79 Å². The number of esters is 1. The van der Waals surface area contributed by atoms with E-state index in [0.29, 0.717) is 16.9 Å². The Balaban J connectivity index is 1.70. The van der Waals surface area contributed by atoms with E-state index in [0.717, 1.165) is 9.86 Å². The van der Waals surface area contributed by atoms with Gasteiger partial charge in [0.1, 0.15) is 11.3 Å². The number of methoxy groups -OCH3 is 1. The summed E-state index contributed by atoms with van der Waals surface area (Å²) in [5.41, 5.74) is 3.60. The van der Waals surface area contributed by atoms with Crippen LogP contribution < -0.4 is 10.2 Å². The molecule has 0 aliphatic rings. The van der Waals surface area contributed by atoms with Crippen LogP contribution in [0.3, 0.4) is 0 Å². The summed E-state index contributed by atoms with van der Waals surface area (Å²) in [6.07, 6.45) is 1.41. The van der Waals surface area contributed by atoms with E-state index in [-0.39, 0.29) is 12.4 Å². The number of ether oxygens (including phenoxy) is 2. The molecule has 3 rings (SSSR count). The molecule has 8 heteroatoms. The molecule has 0 radical (unpaired) electrons. The third-order valence-corrected chi connectivity index (χ3v) is 4.06. The van der Waals surface area contributed by atoms with Crippen LogP contribution in [0.15, 0.2) is 62.5 Å². The van der Waals surface area contributed by atoms with E-state index in [9.17, 15) is 9.59 Å². The number of carbonyl (C=O) groups excluding carboxylic acids is 2. The van der Waals surface area contributed by atoms with Gasteiger partial charge in [0.2, 0.25) is 0 Å². The monoisotopic (exact) mass is 430 g/mol. The van der Waals surface area contributed by atoms with Crippen LogP contribution in [0.4, 0.5) is 0 Å². The number of nitrogens with zero attached hydrogens (tertiary/aromatic N) is 1. The lowest BCUT2D eigenvalue weighted by molar-refractivity contribution is -0.142. The van der Waals surface area contributed by atoms with E-state index in [4.69, 9.17) is 9.15 Å². The first-order chi connectivity index (χ1) is 13.1. The summed E-state index contributed by atoms with van der Waals surface area (Å²) in [6.45, 7) is -0.232. The number of hydrogen-bond donors (Lipinski definition) is 1. The number of amides is 1. The first-order valence-corrected chi connectivity index (χ1v) is 8.67. The Bertz CT molecular complexity index is 979. The van der Waals surface area contributed by atoms with Gasteiger partial charge in [-0.05, 0) is 30.3 Å². The number of hydrazone groups is 1. The summed E-state index contributed by atoms with van der Waals surface area (Å²) < 4.78 is 16.2. The van der Waals surface area contributed by atoms with Crippen molar-refractivity contribution in [2.24, 2.45) is 5.10 Å². The lowest BCUT2D eigenvalue weighted by atomic mass is 10.2. The topological polar surface area (TPSA) is 90.1 Å². The first kappa shape index (κ1) is 18.7. The maximum atomic E-state index is 12.2. The fraction of sp³-hybridized carbons (Fsp3) is 0.105. The third-order valence-electron chi connectivity index (χ3n) is 3.56. The minimum absolute atomic E-state index is 0.157. The van der Waals surface area contributed by atoms with Crippen LogP contribution >= 0.6 is 15.9 Å². The number of furan rings is 1. The molecule has 27 heavy (non-hydrogen) atoms. The molecule has 0 spiro atoms. The fourth-order valence-electron chi connectivity index (χ4n) is 2.26. The van der Waals surface area contributed by atoms with Crippen molar-refractivity contribution in [2.45, 2.75) is 0 Å². The number of hydrogen-bond acceptors (Lipinski definition) is 6. The fourth-order valence-corrected chi connectivity index (χ4v) is 2.64. The molecule has 1 aromatic heterocycles. The first-order valence-electron chi connectivity index (χ1n) is 7.88. The second-order valence-electron chi connectivity index (χ2n) is 5.39. The highest BCUT2D eigenvalue weighted by Crippen LogP contribution is 2.22. The molecule has 7 nitrogen and oxygen atoms in total. The van der Waals surface area contributed by atoms with E-state index in [2.05, 4.69) is 31.2 Å². The standard InChI is InChI=1S/C19H15BrN2O5/c1-25-18(23)11-26-15-7-6-14(20)8-13(15)10-21-22-19(24)17-9-12-4-2-3-5-16(12)27-17/h2-10H,11H2,1H3,(H,22,24)/b21-10-. The van der Waals surface area contributed by atoms with Crippen molar-refractivity contribution >= 4 is 45.0 Å². The lowest BCUT2D eigenvalue weighted by Gasteiger charge is -2.08. The van der Waals surface area contributed by atoms with Gasteiger partial charge in [-0.25, -0.2) is 10.2 Å². The maximum Gasteiger partial charge on any atom is 0.343 e. The molecule has 1 N–H and O–H groups in total. The Hall–Kier alpha value is -3.13. The largest absolute Gasteiger partial charge is 0.481 e. The van der Waals surface area contributed by atoms with Crippen molar-refractivity contribution in [3.63, 3.8) is 0 Å². The quantitative estimate of drug-likeness (QED) is 0.367. The highest BCUT2D eigenvalue weighted by atomic mass is 79.9. The van der Waals surface area contributed by atoms with E-state index < -0.39 is 11.9 Å². The number of benzene rings is 2. The van der Waals surface area contributed by atoms with E-state index in [1.54, 1.807) is 30.3 Å². The molecule has 1 amide bonds. The number of para-hydroxylation sites is 1. The van der Waals surface area contributed by atoms with Crippen molar-refractivity contribution in [2.75, 3.05) is 13.7 Å². The summed E-state index contributed by atoms with van der Waals surface area (Å²) in [5.74, 6) is -0.399. The van der Waals surface area contributed by atoms with Crippen LogP contribution in [-0.2, 0) is 9.53 Å². The molecule has 0 aliphatic heterocycles. The van der Waals surface area contributed by atoms with Crippen molar-refractivity contribution in [1.29, 1.82) is 0 Å². The third kappa shape index (κ3) is 4.73. The molecule has 2 aromatic carbocycles. The maximum absolute atomic E-state index is 12.2. The van der Waals surface area contributed by atoms with Crippen LogP contribution in [0.25, 0.3) is 11.0 Å². The van der Waals surface area contributed by atoms with Crippen molar-refractivity contribution < 1.29 is 23.5 Å². The van der Waals surface area contributed by atoms with Crippen LogP contribution in [0.5, 0.6) is 5.75 Å². The molecule has 3 aromatic rings. The average molecular weight is 431 g/mol. The summed E-state index contributed by atoms with van der Waals surface area (Å²) >= 11 is 3.36. The molecule has 0 atom stereocenters. The number of nitrogens with one attached hydrogen (secondary N) is 1. The average Bonchev–Trinajstić information content (AvgIpc) is 3.11. The predicted molar refractivity (Wildman–Crippen MR) is 103 cm³/mol. The summed E-state index contributed by atoms with van der Waals surface area (Å²) in [5, 5.41) is 4.77. The van der Waals surface area contributed by atoms with Gasteiger partial charge in [-0.2, -0.15) is 5.10 Å². The second-order valence-corrected chi connectivity index (χ2v) is 6.31. The minimum Gasteiger partial charge on any atom is -0.481 e. The molecule has 0 aliphatic carbocycles. The zero-order chi connectivity index (χ0) is 19.2. The molecule has 138 valence electrons. The van der Waals surface area contributed by atoms with Gasteiger partial charge in [0.25, 0.3) is 0 Å². The zero-order valence-electron chi connectivity index (χ0n) is 14.3. The zero-order valence-corrected chi connectivity index (χ0v) is 15.9. The van der Waals surface area contributed by atoms with Crippen LogP contribution in [0.1, 0.15) is 16.1 Å². The van der Waals surface area contributed by atoms with Crippen LogP contribution in [0, 0.1) is 0 Å². The molecular formula is C19H15BrN2O5. The number of carbonyl (C=O) groups is 2. The Labute approximate surface area is 163 Å². The highest BCUT2D eigenvalue weighted by Gasteiger charge is 2.11. The van der Waals surface area contributed by atoms with Crippen LogP contribution in [0.2, 0.25) is 0 Å². The van der Waals surface area contributed by atoms with Gasteiger partial charge in [0.05, 0.1) is 13.3 Å². The van der Waals surface area contributed by atoms with E-state index in [1.807, 2.05) is 18.2 Å². The van der Waals surface area contributed by atoms with Gasteiger partial charge in [0, 0.05) is 15.4 Å². The summed E-state index contributed by atoms with van der Waals surface area (Å²) in [7, 11) is 1.28. The summed E-state index contributed by atoms with van der Waals surface area (Å²) in [4.78, 5) is 23.4. The van der Waals surface area contributed by atoms with Crippen molar-refractivity contribution in [3.8, 4) is 5.75 Å². The number of halogens is 1. The highest BCUT2D eigenvalue weighted by molar-refractivity contribution is 9.10.